The van der Waals surface area contributed by atoms with E-state index in [4.69, 9.17) is 0 Å². The first-order chi connectivity index (χ1) is 8.25. The van der Waals surface area contributed by atoms with Gasteiger partial charge in [-0.1, -0.05) is 12.1 Å². The molecule has 1 atom stereocenters. The lowest BCUT2D eigenvalue weighted by Gasteiger charge is -2.23. The van der Waals surface area contributed by atoms with Crippen LogP contribution in [-0.2, 0) is 0 Å². The van der Waals surface area contributed by atoms with Crippen molar-refractivity contribution >= 4 is 11.8 Å². The third-order valence-corrected chi connectivity index (χ3v) is 4.05. The van der Waals surface area contributed by atoms with Crippen LogP contribution in [0.15, 0.2) is 24.3 Å². The van der Waals surface area contributed by atoms with Crippen molar-refractivity contribution in [3.8, 4) is 0 Å². The van der Waals surface area contributed by atoms with Crippen molar-refractivity contribution in [2.75, 3.05) is 31.1 Å². The van der Waals surface area contributed by atoms with Crippen LogP contribution in [0.3, 0.4) is 0 Å². The van der Waals surface area contributed by atoms with Crippen molar-refractivity contribution in [2.45, 2.75) is 12.5 Å². The number of halogens is 1. The Bertz CT molecular complexity index is 336. The molecule has 2 nitrogen and oxygen atoms in total. The van der Waals surface area contributed by atoms with Gasteiger partial charge in [0.1, 0.15) is 5.82 Å². The zero-order valence-corrected chi connectivity index (χ0v) is 10.6. The molecule has 1 N–H and O–H groups in total. The first-order valence-electron chi connectivity index (χ1n) is 5.99. The highest BCUT2D eigenvalue weighted by atomic mass is 32.2. The van der Waals surface area contributed by atoms with Gasteiger partial charge < -0.3 is 5.11 Å². The molecule has 0 radical (unpaired) electrons. The largest absolute Gasteiger partial charge is 0.387 e. The molecule has 94 valence electrons. The minimum atomic E-state index is -0.515. The minimum Gasteiger partial charge on any atom is -0.387 e. The predicted octanol–water partition coefficient (Wildman–Crippen LogP) is 2.30. The van der Waals surface area contributed by atoms with Crippen molar-refractivity contribution in [2.24, 2.45) is 0 Å². The van der Waals surface area contributed by atoms with E-state index in [1.165, 1.54) is 24.3 Å². The summed E-state index contributed by atoms with van der Waals surface area (Å²) in [6, 6.07) is 6.12. The zero-order valence-electron chi connectivity index (χ0n) is 9.81. The summed E-state index contributed by atoms with van der Waals surface area (Å²) in [5, 5.41) is 10.1. The predicted molar refractivity (Wildman–Crippen MR) is 69.7 cm³/mol. The monoisotopic (exact) mass is 255 g/mol. The molecule has 4 heteroatoms. The van der Waals surface area contributed by atoms with Gasteiger partial charge in [0.15, 0.2) is 0 Å². The van der Waals surface area contributed by atoms with Crippen molar-refractivity contribution in [1.29, 1.82) is 0 Å². The molecule has 0 aromatic heterocycles. The van der Waals surface area contributed by atoms with Crippen LogP contribution in [0.2, 0.25) is 0 Å². The molecule has 1 saturated heterocycles. The Labute approximate surface area is 106 Å². The highest BCUT2D eigenvalue weighted by Crippen LogP contribution is 2.17. The van der Waals surface area contributed by atoms with Gasteiger partial charge in [-0.15, -0.1) is 0 Å². The minimum absolute atomic E-state index is 0.257. The second-order valence-corrected chi connectivity index (χ2v) is 5.56. The van der Waals surface area contributed by atoms with E-state index in [9.17, 15) is 9.50 Å². The third kappa shape index (κ3) is 3.98. The molecule has 17 heavy (non-hydrogen) atoms. The zero-order chi connectivity index (χ0) is 12.1. The van der Waals surface area contributed by atoms with Gasteiger partial charge >= 0.3 is 0 Å². The Hall–Kier alpha value is -0.580. The number of hydrogen-bond donors (Lipinski definition) is 1. The van der Waals surface area contributed by atoms with Gasteiger partial charge in [-0.3, -0.25) is 4.90 Å². The summed E-state index contributed by atoms with van der Waals surface area (Å²) in [4.78, 5) is 2.29. The molecule has 1 heterocycles. The number of hydrogen-bond acceptors (Lipinski definition) is 3. The molecule has 1 aromatic carbocycles. The number of aliphatic hydroxyl groups is 1. The highest BCUT2D eigenvalue weighted by Gasteiger charge is 2.15. The lowest BCUT2D eigenvalue weighted by molar-refractivity contribution is 0.117. The lowest BCUT2D eigenvalue weighted by atomic mass is 10.1. The lowest BCUT2D eigenvalue weighted by Crippen LogP contribution is -2.30. The number of benzene rings is 1. The topological polar surface area (TPSA) is 23.5 Å². The first-order valence-corrected chi connectivity index (χ1v) is 7.15. The summed E-state index contributed by atoms with van der Waals surface area (Å²) in [7, 11) is 0. The molecule has 1 fully saturated rings. The average molecular weight is 255 g/mol. The van der Waals surface area contributed by atoms with Crippen LogP contribution in [0.25, 0.3) is 0 Å². The molecular weight excluding hydrogens is 237 g/mol. The van der Waals surface area contributed by atoms with Gasteiger partial charge in [-0.2, -0.15) is 11.8 Å². The van der Waals surface area contributed by atoms with E-state index < -0.39 is 6.10 Å². The Kier molecular flexibility index (Phi) is 4.83. The van der Waals surface area contributed by atoms with E-state index in [2.05, 4.69) is 4.90 Å². The Morgan fingerprint density at radius 2 is 2.00 bits per heavy atom. The van der Waals surface area contributed by atoms with E-state index in [0.717, 1.165) is 24.4 Å². The number of aliphatic hydroxyl groups excluding tert-OH is 1. The summed E-state index contributed by atoms with van der Waals surface area (Å²) in [5.74, 6) is 2.09. The van der Waals surface area contributed by atoms with Crippen LogP contribution in [0.4, 0.5) is 4.39 Å². The highest BCUT2D eigenvalue weighted by molar-refractivity contribution is 7.99. The fourth-order valence-electron chi connectivity index (χ4n) is 2.02. The van der Waals surface area contributed by atoms with Crippen LogP contribution >= 0.6 is 11.8 Å². The quantitative estimate of drug-likeness (QED) is 0.896. The molecule has 1 unspecified atom stereocenters. The number of rotatable bonds is 3. The van der Waals surface area contributed by atoms with Crippen LogP contribution in [0.1, 0.15) is 18.1 Å². The van der Waals surface area contributed by atoms with Crippen molar-refractivity contribution < 1.29 is 9.50 Å². The Morgan fingerprint density at radius 3 is 2.76 bits per heavy atom. The molecular formula is C13H18FNOS. The molecule has 0 saturated carbocycles. The SMILES string of the molecule is OC(CN1CCCSCC1)c1ccc(F)cc1. The van der Waals surface area contributed by atoms with E-state index in [1.807, 2.05) is 11.8 Å². The smallest absolute Gasteiger partial charge is 0.123 e. The maximum atomic E-state index is 12.8. The number of nitrogens with zero attached hydrogens (tertiary/aromatic N) is 1. The van der Waals surface area contributed by atoms with E-state index in [1.54, 1.807) is 12.1 Å². The van der Waals surface area contributed by atoms with Gasteiger partial charge in [0.25, 0.3) is 0 Å². The normalized spacial score (nSPS) is 19.9. The van der Waals surface area contributed by atoms with Gasteiger partial charge in [-0.05, 0) is 36.4 Å². The van der Waals surface area contributed by atoms with Crippen molar-refractivity contribution in [3.05, 3.63) is 35.6 Å². The van der Waals surface area contributed by atoms with Crippen molar-refractivity contribution in [3.63, 3.8) is 0 Å². The fraction of sp³-hybridized carbons (Fsp3) is 0.538. The first kappa shape index (κ1) is 12.9. The summed E-state index contributed by atoms with van der Waals surface area (Å²) in [6.07, 6.45) is 0.666. The molecule has 0 amide bonds. The molecule has 1 aliphatic rings. The second kappa shape index (κ2) is 6.38. The second-order valence-electron chi connectivity index (χ2n) is 4.33. The van der Waals surface area contributed by atoms with E-state index in [0.29, 0.717) is 6.54 Å². The van der Waals surface area contributed by atoms with Crippen LogP contribution in [0, 0.1) is 5.82 Å². The van der Waals surface area contributed by atoms with Crippen LogP contribution in [0.5, 0.6) is 0 Å². The van der Waals surface area contributed by atoms with Gasteiger partial charge in [0.2, 0.25) is 0 Å². The maximum absolute atomic E-state index is 12.8. The molecule has 0 aliphatic carbocycles. The Balaban J connectivity index is 1.91. The van der Waals surface area contributed by atoms with E-state index >= 15 is 0 Å². The van der Waals surface area contributed by atoms with Gasteiger partial charge in [0.05, 0.1) is 6.10 Å². The number of β-amino-alcohol motifs (C(OH)–C–C–N with tert-alkyl or cyclic N) is 1. The fourth-order valence-corrected chi connectivity index (χ4v) is 2.94. The summed E-state index contributed by atoms with van der Waals surface area (Å²) < 4.78 is 12.8. The summed E-state index contributed by atoms with van der Waals surface area (Å²) in [5.41, 5.74) is 0.795. The van der Waals surface area contributed by atoms with Crippen molar-refractivity contribution in [1.82, 2.24) is 4.90 Å². The van der Waals surface area contributed by atoms with Crippen LogP contribution < -0.4 is 0 Å². The number of thioether (sulfide) groups is 1. The molecule has 0 bridgehead atoms. The van der Waals surface area contributed by atoms with Crippen LogP contribution in [-0.4, -0.2) is 41.1 Å². The van der Waals surface area contributed by atoms with Gasteiger partial charge in [0, 0.05) is 18.8 Å². The molecule has 1 aromatic rings. The molecule has 0 spiro atoms. The van der Waals surface area contributed by atoms with E-state index in [-0.39, 0.29) is 5.82 Å². The summed E-state index contributed by atoms with van der Waals surface area (Å²) >= 11 is 1.97. The molecule has 1 aliphatic heterocycles. The average Bonchev–Trinajstić information content (AvgIpc) is 2.58. The van der Waals surface area contributed by atoms with Gasteiger partial charge in [-0.25, -0.2) is 4.39 Å². The standard InChI is InChI=1S/C13H18FNOS/c14-12-4-2-11(3-5-12)13(16)10-15-6-1-8-17-9-7-15/h2-5,13,16H,1,6-10H2. The molecule has 2 rings (SSSR count). The Morgan fingerprint density at radius 1 is 1.24 bits per heavy atom. The third-order valence-electron chi connectivity index (χ3n) is 3.00. The summed E-state index contributed by atoms with van der Waals surface area (Å²) in [6.45, 7) is 2.72. The maximum Gasteiger partial charge on any atom is 0.123 e.